The molecular weight excluding hydrogens is 727 g/mol. The number of hydrogen-bond donors (Lipinski definition) is 2. The molecule has 1 unspecified atom stereocenters. The Bertz CT molecular complexity index is 1840. The highest BCUT2D eigenvalue weighted by Gasteiger charge is 2.53. The van der Waals surface area contributed by atoms with Gasteiger partial charge < -0.3 is 24.2 Å². The Labute approximate surface area is 333 Å². The highest BCUT2D eigenvalue weighted by molar-refractivity contribution is 7.59. The van der Waals surface area contributed by atoms with Gasteiger partial charge >= 0.3 is 12.1 Å². The number of likely N-dealkylation sites (tertiary alicyclic amines) is 1. The van der Waals surface area contributed by atoms with E-state index in [2.05, 4.69) is 63.5 Å². The summed E-state index contributed by atoms with van der Waals surface area (Å²) in [5.41, 5.74) is 4.73. The van der Waals surface area contributed by atoms with Crippen LogP contribution in [0.2, 0.25) is 0 Å². The monoisotopic (exact) mass is 781 g/mol. The number of H-pyrrole nitrogens is 2. The van der Waals surface area contributed by atoms with E-state index in [1.807, 2.05) is 53.9 Å². The minimum absolute atomic E-state index is 0. The van der Waals surface area contributed by atoms with Crippen molar-refractivity contribution >= 4 is 52.5 Å². The van der Waals surface area contributed by atoms with Crippen LogP contribution in [0.3, 0.4) is 0 Å². The van der Waals surface area contributed by atoms with Gasteiger partial charge in [0.15, 0.2) is 0 Å². The zero-order valence-corrected chi connectivity index (χ0v) is 34.5. The molecule has 0 bridgehead atoms. The second-order valence-corrected chi connectivity index (χ2v) is 16.1. The van der Waals surface area contributed by atoms with Gasteiger partial charge in [-0.1, -0.05) is 48.5 Å². The molecule has 1 saturated carbocycles. The van der Waals surface area contributed by atoms with Crippen molar-refractivity contribution in [3.63, 3.8) is 0 Å². The van der Waals surface area contributed by atoms with Crippen molar-refractivity contribution in [2.24, 2.45) is 5.92 Å². The van der Waals surface area contributed by atoms with Gasteiger partial charge in [-0.25, -0.2) is 14.8 Å². The van der Waals surface area contributed by atoms with Gasteiger partial charge in [-0.2, -0.15) is 40.5 Å². The van der Waals surface area contributed by atoms with Gasteiger partial charge in [0.2, 0.25) is 0 Å². The molecule has 7 rings (SSSR count). The van der Waals surface area contributed by atoms with Gasteiger partial charge in [0.1, 0.15) is 22.9 Å². The van der Waals surface area contributed by atoms with E-state index in [0.29, 0.717) is 13.0 Å². The van der Waals surface area contributed by atoms with Crippen molar-refractivity contribution in [2.75, 3.05) is 13.2 Å². The normalized spacial score (nSPS) is 22.5. The Hall–Kier alpha value is -3.39. The molecule has 2 aromatic carbocycles. The number of aromatic nitrogens is 4. The number of nitrogens with zero attached hydrogens (tertiary/aromatic N) is 3. The fourth-order valence-electron chi connectivity index (χ4n) is 7.76. The fraction of sp³-hybridized carbons (Fsp3) is 0.500. The molecule has 4 aromatic rings. The van der Waals surface area contributed by atoms with Crippen molar-refractivity contribution in [2.45, 2.75) is 109 Å². The van der Waals surface area contributed by atoms with Crippen LogP contribution in [0, 0.1) is 5.92 Å². The van der Waals surface area contributed by atoms with E-state index in [0.717, 1.165) is 84.0 Å². The summed E-state index contributed by atoms with van der Waals surface area (Å²) in [6.07, 6.45) is 8.60. The average Bonchev–Trinajstić information content (AvgIpc) is 3.90. The number of aromatic amines is 2. The van der Waals surface area contributed by atoms with E-state index in [-0.39, 0.29) is 76.0 Å². The first-order valence-electron chi connectivity index (χ1n) is 17.9. The quantitative estimate of drug-likeness (QED) is 0.187. The lowest BCUT2D eigenvalue weighted by molar-refractivity contribution is -0.161. The molecule has 53 heavy (non-hydrogen) atoms. The Morgan fingerprint density at radius 2 is 1.28 bits per heavy atom. The summed E-state index contributed by atoms with van der Waals surface area (Å²) in [7, 11) is 0. The number of rotatable bonds is 6. The van der Waals surface area contributed by atoms with Crippen LogP contribution in [-0.4, -0.2) is 66.9 Å². The standard InChI is InChI=1S/C40H49N5O5.3H2S/c1-38(2,3)49-36(46)30-22-40(18-8-20-48-40)21-29(30)34-41-23-31(43-34)27-14-10-25(11-15-27)26-12-16-28(17-13-26)32-24-42-35(44-32)33-9-7-19-45(33)37(47)50-39(4,5)6;;;/h10-17,23-24,29-30,33H,7-9,18-22H2,1-6H3,(H,41,43)(H,42,44);3*1H2/t29-,30?,33+,40+;;;/m1.../s1. The molecule has 4 atom stereocenters. The summed E-state index contributed by atoms with van der Waals surface area (Å²) in [5, 5.41) is 0. The second-order valence-electron chi connectivity index (χ2n) is 16.1. The number of carbonyl (C=O) groups excluding carboxylic acids is 2. The summed E-state index contributed by atoms with van der Waals surface area (Å²) in [4.78, 5) is 44.3. The third-order valence-electron chi connectivity index (χ3n) is 10.0. The number of imidazole rings is 2. The Kier molecular flexibility index (Phi) is 13.2. The van der Waals surface area contributed by atoms with Gasteiger partial charge in [-0.15, -0.1) is 0 Å². The fourth-order valence-corrected chi connectivity index (χ4v) is 7.76. The molecule has 288 valence electrons. The van der Waals surface area contributed by atoms with E-state index in [1.54, 1.807) is 4.90 Å². The van der Waals surface area contributed by atoms with E-state index >= 15 is 0 Å². The first-order valence-corrected chi connectivity index (χ1v) is 17.9. The molecule has 10 nitrogen and oxygen atoms in total. The molecule has 2 N–H and O–H groups in total. The molecule has 0 radical (unpaired) electrons. The molecule has 1 aliphatic carbocycles. The number of hydrogen-bond acceptors (Lipinski definition) is 7. The van der Waals surface area contributed by atoms with Crippen LogP contribution in [0.1, 0.15) is 104 Å². The van der Waals surface area contributed by atoms with Gasteiger partial charge in [-0.05, 0) is 102 Å². The Morgan fingerprint density at radius 3 is 1.81 bits per heavy atom. The molecule has 3 fully saturated rings. The van der Waals surface area contributed by atoms with Crippen LogP contribution >= 0.6 is 40.5 Å². The smallest absolute Gasteiger partial charge is 0.410 e. The second kappa shape index (κ2) is 16.5. The molecule has 3 aliphatic rings. The molecule has 2 aromatic heterocycles. The maximum atomic E-state index is 13.3. The molecule has 4 heterocycles. The van der Waals surface area contributed by atoms with Gasteiger partial charge in [0, 0.05) is 19.1 Å². The maximum absolute atomic E-state index is 13.3. The summed E-state index contributed by atoms with van der Waals surface area (Å²) in [5.74, 6) is 1.05. The minimum atomic E-state index is -0.547. The molecule has 13 heteroatoms. The number of amides is 1. The summed E-state index contributed by atoms with van der Waals surface area (Å²) in [6.45, 7) is 12.8. The SMILES string of the molecule is CC(C)(C)OC(=O)C1C[C@]2(CCCO2)C[C@H]1c1ncc(-c2ccc(-c3ccc(-c4cnc([C@@H]5CCCN5C(=O)OC(C)(C)C)[nH]4)cc3)cc2)[nH]1.S.S.S. The average molecular weight is 782 g/mol. The number of nitrogens with one attached hydrogen (secondary N) is 2. The number of carbonyl (C=O) groups is 2. The van der Waals surface area contributed by atoms with Crippen molar-refractivity contribution in [1.82, 2.24) is 24.8 Å². The van der Waals surface area contributed by atoms with Crippen LogP contribution in [-0.2, 0) is 19.0 Å². The van der Waals surface area contributed by atoms with Crippen molar-refractivity contribution in [3.8, 4) is 33.6 Å². The first kappa shape index (κ1) is 42.4. The Morgan fingerprint density at radius 1 is 0.755 bits per heavy atom. The molecular formula is C40H55N5O5S3. The van der Waals surface area contributed by atoms with Crippen LogP contribution in [0.5, 0.6) is 0 Å². The third-order valence-corrected chi connectivity index (χ3v) is 10.0. The van der Waals surface area contributed by atoms with E-state index in [1.165, 1.54) is 0 Å². The lowest BCUT2D eigenvalue weighted by atomic mass is 9.95. The predicted molar refractivity (Wildman–Crippen MR) is 222 cm³/mol. The molecule has 1 amide bonds. The zero-order chi connectivity index (χ0) is 35.3. The lowest BCUT2D eigenvalue weighted by Crippen LogP contribution is -2.36. The van der Waals surface area contributed by atoms with Crippen molar-refractivity contribution in [3.05, 3.63) is 72.6 Å². The maximum Gasteiger partial charge on any atom is 0.410 e. The Balaban J connectivity index is 0.00000209. The molecule has 1 spiro atoms. The van der Waals surface area contributed by atoms with Gasteiger partial charge in [-0.3, -0.25) is 9.69 Å². The largest absolute Gasteiger partial charge is 0.460 e. The van der Waals surface area contributed by atoms with E-state index in [4.69, 9.17) is 19.2 Å². The first-order chi connectivity index (χ1) is 23.8. The predicted octanol–water partition coefficient (Wildman–Crippen LogP) is 8.93. The summed E-state index contributed by atoms with van der Waals surface area (Å²) in [6, 6.07) is 16.7. The number of esters is 1. The van der Waals surface area contributed by atoms with Crippen LogP contribution in [0.15, 0.2) is 60.9 Å². The van der Waals surface area contributed by atoms with E-state index in [9.17, 15) is 9.59 Å². The van der Waals surface area contributed by atoms with Crippen molar-refractivity contribution < 1.29 is 23.8 Å². The van der Waals surface area contributed by atoms with Gasteiger partial charge in [0.25, 0.3) is 0 Å². The van der Waals surface area contributed by atoms with Gasteiger partial charge in [0.05, 0.1) is 41.3 Å². The highest BCUT2D eigenvalue weighted by Crippen LogP contribution is 2.51. The zero-order valence-electron chi connectivity index (χ0n) is 31.5. The van der Waals surface area contributed by atoms with E-state index < -0.39 is 11.2 Å². The highest BCUT2D eigenvalue weighted by atomic mass is 32.1. The lowest BCUT2D eigenvalue weighted by Gasteiger charge is -2.27. The number of benzene rings is 2. The minimum Gasteiger partial charge on any atom is -0.460 e. The third kappa shape index (κ3) is 9.47. The number of ether oxygens (including phenoxy) is 3. The molecule has 2 saturated heterocycles. The summed E-state index contributed by atoms with van der Waals surface area (Å²) < 4.78 is 17.7. The van der Waals surface area contributed by atoms with Crippen LogP contribution in [0.25, 0.3) is 33.6 Å². The molecule has 2 aliphatic heterocycles. The van der Waals surface area contributed by atoms with Crippen molar-refractivity contribution in [1.29, 1.82) is 0 Å². The van der Waals surface area contributed by atoms with Crippen LogP contribution in [0.4, 0.5) is 4.79 Å². The topological polar surface area (TPSA) is 122 Å². The van der Waals surface area contributed by atoms with Crippen LogP contribution < -0.4 is 0 Å². The summed E-state index contributed by atoms with van der Waals surface area (Å²) >= 11 is 0.